The second kappa shape index (κ2) is 11.5. The first-order valence-electron chi connectivity index (χ1n) is 10.6. The van der Waals surface area contributed by atoms with Crippen LogP contribution >= 0.6 is 18.9 Å². The van der Waals surface area contributed by atoms with Gasteiger partial charge in [0.05, 0.1) is 22.4 Å². The molecule has 3 N–H and O–H groups in total. The van der Waals surface area contributed by atoms with Crippen LogP contribution in [-0.4, -0.2) is 47.6 Å². The number of aromatic nitrogens is 1. The summed E-state index contributed by atoms with van der Waals surface area (Å²) in [5.74, 6) is -1.80. The Hall–Kier alpha value is -2.41. The van der Waals surface area contributed by atoms with Gasteiger partial charge in [-0.1, -0.05) is 11.3 Å². The highest BCUT2D eigenvalue weighted by Crippen LogP contribution is 2.41. The number of rotatable bonds is 11. The van der Waals surface area contributed by atoms with Crippen LogP contribution in [0.15, 0.2) is 18.2 Å². The molecular formula is C20H28F3N4O6PS. The first kappa shape index (κ1) is 28.8. The molecule has 0 saturated carbocycles. The van der Waals surface area contributed by atoms with E-state index in [4.69, 9.17) is 9.47 Å². The maximum Gasteiger partial charge on any atom is 0.573 e. The number of thiazole rings is 1. The van der Waals surface area contributed by atoms with Gasteiger partial charge in [-0.3, -0.25) is 19.2 Å². The number of nitrogens with zero attached hydrogens (tertiary/aromatic N) is 1. The molecule has 2 aromatic rings. The number of anilines is 1. The molecule has 0 saturated heterocycles. The molecule has 2 atom stereocenters. The molecule has 35 heavy (non-hydrogen) atoms. The molecule has 0 spiro atoms. The molecule has 15 heteroatoms. The molecule has 10 nitrogen and oxygen atoms in total. The van der Waals surface area contributed by atoms with Crippen molar-refractivity contribution in [2.24, 2.45) is 0 Å². The zero-order valence-electron chi connectivity index (χ0n) is 19.9. The van der Waals surface area contributed by atoms with Crippen molar-refractivity contribution in [2.75, 3.05) is 5.09 Å². The van der Waals surface area contributed by atoms with Crippen molar-refractivity contribution in [3.63, 3.8) is 0 Å². The van der Waals surface area contributed by atoms with Crippen LogP contribution in [0.3, 0.4) is 0 Å². The summed E-state index contributed by atoms with van der Waals surface area (Å²) < 4.78 is 65.8. The largest absolute Gasteiger partial charge is 0.573 e. The fraction of sp³-hybridized carbons (Fsp3) is 0.550. The van der Waals surface area contributed by atoms with Crippen molar-refractivity contribution in [1.82, 2.24) is 15.2 Å². The zero-order valence-corrected chi connectivity index (χ0v) is 21.6. The summed E-state index contributed by atoms with van der Waals surface area (Å²) in [6.45, 7) is 9.48. The molecule has 196 valence electrons. The first-order chi connectivity index (χ1) is 16.1. The summed E-state index contributed by atoms with van der Waals surface area (Å²) in [5, 5.41) is 7.94. The Bertz CT molecular complexity index is 1060. The number of alkyl halides is 3. The fourth-order valence-electron chi connectivity index (χ4n) is 2.71. The lowest BCUT2D eigenvalue weighted by Gasteiger charge is -2.27. The highest BCUT2D eigenvalue weighted by Gasteiger charge is 2.34. The van der Waals surface area contributed by atoms with Crippen LogP contribution in [-0.2, 0) is 23.6 Å². The normalized spacial score (nSPS) is 15.5. The van der Waals surface area contributed by atoms with Gasteiger partial charge in [0.25, 0.3) is 0 Å². The minimum atomic E-state index is -4.86. The van der Waals surface area contributed by atoms with E-state index in [-0.39, 0.29) is 5.13 Å². The molecule has 1 aromatic heterocycles. The Labute approximate surface area is 204 Å². The number of carbonyl (C=O) groups excluding carboxylic acids is 2. The quantitative estimate of drug-likeness (QED) is 0.275. The van der Waals surface area contributed by atoms with Crippen molar-refractivity contribution >= 4 is 46.2 Å². The third kappa shape index (κ3) is 9.28. The average molecular weight is 541 g/mol. The Balaban J connectivity index is 2.31. The Morgan fingerprint density at radius 2 is 1.49 bits per heavy atom. The number of benzene rings is 1. The van der Waals surface area contributed by atoms with Crippen molar-refractivity contribution in [2.45, 2.75) is 72.2 Å². The van der Waals surface area contributed by atoms with Crippen LogP contribution in [0.1, 0.15) is 41.5 Å². The molecule has 0 amide bonds. The summed E-state index contributed by atoms with van der Waals surface area (Å²) in [5.41, 5.74) is 0.318. The molecule has 1 heterocycles. The Morgan fingerprint density at radius 1 is 0.971 bits per heavy atom. The Morgan fingerprint density at radius 3 is 1.94 bits per heavy atom. The highest BCUT2D eigenvalue weighted by molar-refractivity contribution is 7.62. The standard InChI is InChI=1S/C20H28F3N4O6PS/c1-10(2)31-17(28)12(5)25-34(30,26-13(6)18(29)32-11(3)4)27-19-24-15-8-7-14(9-16(15)35-19)33-20(21,22)23/h7-13H,1-6H3,(H3,24,25,26,27,30). The van der Waals surface area contributed by atoms with E-state index in [1.807, 2.05) is 0 Å². The topological polar surface area (TPSA) is 128 Å². The summed E-state index contributed by atoms with van der Waals surface area (Å²) >= 11 is 0.902. The van der Waals surface area contributed by atoms with E-state index in [1.54, 1.807) is 27.7 Å². The number of hydrogen-bond acceptors (Lipinski definition) is 8. The van der Waals surface area contributed by atoms with Crippen LogP contribution in [0.5, 0.6) is 5.75 Å². The van der Waals surface area contributed by atoms with E-state index in [0.29, 0.717) is 10.2 Å². The van der Waals surface area contributed by atoms with E-state index in [0.717, 1.165) is 23.5 Å². The van der Waals surface area contributed by atoms with Gasteiger partial charge in [-0.2, -0.15) is 0 Å². The maximum atomic E-state index is 13.8. The molecule has 0 fully saturated rings. The van der Waals surface area contributed by atoms with Crippen molar-refractivity contribution in [3.05, 3.63) is 18.2 Å². The third-order valence-corrected chi connectivity index (χ3v) is 7.12. The molecule has 2 rings (SSSR count). The van der Waals surface area contributed by atoms with Gasteiger partial charge >= 0.3 is 25.9 Å². The molecule has 2 unspecified atom stereocenters. The molecule has 0 bridgehead atoms. The number of fused-ring (bicyclic) bond motifs is 1. The first-order valence-corrected chi connectivity index (χ1v) is 13.1. The van der Waals surface area contributed by atoms with E-state index < -0.39 is 55.9 Å². The summed E-state index contributed by atoms with van der Waals surface area (Å²) in [6.07, 6.45) is -5.68. The number of carbonyl (C=O) groups is 2. The summed E-state index contributed by atoms with van der Waals surface area (Å²) in [4.78, 5) is 28.8. The number of ether oxygens (including phenoxy) is 3. The van der Waals surface area contributed by atoms with Gasteiger partial charge in [-0.15, -0.1) is 13.2 Å². The van der Waals surface area contributed by atoms with Gasteiger partial charge in [0.1, 0.15) is 17.8 Å². The van der Waals surface area contributed by atoms with Gasteiger partial charge in [-0.25, -0.2) is 15.2 Å². The van der Waals surface area contributed by atoms with Crippen molar-refractivity contribution in [3.8, 4) is 5.75 Å². The zero-order chi connectivity index (χ0) is 26.6. The van der Waals surface area contributed by atoms with Crippen molar-refractivity contribution in [1.29, 1.82) is 0 Å². The SMILES string of the molecule is CC(C)OC(=O)C(C)NP(=O)(Nc1nc2ccc(OC(F)(F)F)cc2s1)NC(C)C(=O)OC(C)C. The lowest BCUT2D eigenvalue weighted by Crippen LogP contribution is -2.44. The van der Waals surface area contributed by atoms with Gasteiger partial charge < -0.3 is 14.2 Å². The predicted molar refractivity (Wildman–Crippen MR) is 125 cm³/mol. The van der Waals surface area contributed by atoms with Crippen LogP contribution < -0.4 is 20.0 Å². The number of nitrogens with one attached hydrogen (secondary N) is 3. The smallest absolute Gasteiger partial charge is 0.462 e. The summed E-state index contributed by atoms with van der Waals surface area (Å²) in [6, 6.07) is 1.44. The van der Waals surface area contributed by atoms with E-state index in [1.165, 1.54) is 19.9 Å². The van der Waals surface area contributed by atoms with Gasteiger partial charge in [-0.05, 0) is 53.7 Å². The molecular weight excluding hydrogens is 512 g/mol. The van der Waals surface area contributed by atoms with Crippen molar-refractivity contribution < 1.29 is 41.5 Å². The molecule has 0 radical (unpaired) electrons. The predicted octanol–water partition coefficient (Wildman–Crippen LogP) is 4.57. The number of hydrogen-bond donors (Lipinski definition) is 3. The second-order valence-electron chi connectivity index (χ2n) is 8.09. The average Bonchev–Trinajstić information content (AvgIpc) is 3.06. The van der Waals surface area contributed by atoms with Gasteiger partial charge in [0.2, 0.25) is 0 Å². The van der Waals surface area contributed by atoms with E-state index in [9.17, 15) is 27.3 Å². The monoisotopic (exact) mass is 540 g/mol. The Kier molecular flexibility index (Phi) is 9.51. The minimum absolute atomic E-state index is 0.0568. The fourth-order valence-corrected chi connectivity index (χ4v) is 5.84. The molecule has 0 aliphatic rings. The van der Waals surface area contributed by atoms with Crippen LogP contribution in [0.2, 0.25) is 0 Å². The summed E-state index contributed by atoms with van der Waals surface area (Å²) in [7, 11) is -3.96. The third-order valence-electron chi connectivity index (χ3n) is 4.01. The maximum absolute atomic E-state index is 13.8. The van der Waals surface area contributed by atoms with Crippen LogP contribution in [0, 0.1) is 0 Å². The molecule has 0 aliphatic carbocycles. The highest BCUT2D eigenvalue weighted by atomic mass is 32.1. The number of esters is 2. The van der Waals surface area contributed by atoms with Gasteiger partial charge in [0, 0.05) is 6.07 Å². The lowest BCUT2D eigenvalue weighted by atomic mass is 10.3. The number of halogens is 3. The van der Waals surface area contributed by atoms with Crippen LogP contribution in [0.25, 0.3) is 10.2 Å². The van der Waals surface area contributed by atoms with Gasteiger partial charge in [0.15, 0.2) is 5.13 Å². The molecule has 0 aliphatic heterocycles. The van der Waals surface area contributed by atoms with E-state index in [2.05, 4.69) is 25.0 Å². The minimum Gasteiger partial charge on any atom is -0.462 e. The van der Waals surface area contributed by atoms with E-state index >= 15 is 0 Å². The van der Waals surface area contributed by atoms with Crippen LogP contribution in [0.4, 0.5) is 18.3 Å². The molecule has 1 aromatic carbocycles. The second-order valence-corrected chi connectivity index (χ2v) is 11.1. The lowest BCUT2D eigenvalue weighted by molar-refractivity contribution is -0.274.